The zero-order valence-corrected chi connectivity index (χ0v) is 12.0. The average molecular weight is 298 g/mol. The molecule has 5 nitrogen and oxygen atoms in total. The number of urea groups is 1. The zero-order valence-electron chi connectivity index (χ0n) is 12.0. The van der Waals surface area contributed by atoms with Gasteiger partial charge in [0.25, 0.3) is 0 Å². The lowest BCUT2D eigenvalue weighted by atomic mass is 10.0. The van der Waals surface area contributed by atoms with Crippen LogP contribution in [0.25, 0.3) is 22.0 Å². The summed E-state index contributed by atoms with van der Waals surface area (Å²) in [4.78, 5) is 11.6. The number of benzene rings is 2. The van der Waals surface area contributed by atoms with Crippen LogP contribution in [-0.2, 0) is 0 Å². The highest BCUT2D eigenvalue weighted by Crippen LogP contribution is 2.28. The summed E-state index contributed by atoms with van der Waals surface area (Å²) in [5, 5.41) is 13.0. The van der Waals surface area contributed by atoms with Gasteiger partial charge in [0.05, 0.1) is 5.52 Å². The first-order valence-electron chi connectivity index (χ1n) is 6.97. The SMILES string of the molecule is CCNC(=O)Nc1n[nH]c2cc(-c3ccccc3F)ccc12. The molecule has 0 radical (unpaired) electrons. The van der Waals surface area contributed by atoms with E-state index in [1.54, 1.807) is 24.3 Å². The lowest BCUT2D eigenvalue weighted by molar-refractivity contribution is 0.252. The molecule has 1 heterocycles. The molecule has 3 aromatic rings. The molecule has 112 valence electrons. The molecule has 0 fully saturated rings. The van der Waals surface area contributed by atoms with Gasteiger partial charge < -0.3 is 5.32 Å². The summed E-state index contributed by atoms with van der Waals surface area (Å²) in [6.45, 7) is 2.37. The number of hydrogen-bond donors (Lipinski definition) is 3. The summed E-state index contributed by atoms with van der Waals surface area (Å²) in [7, 11) is 0. The Morgan fingerprint density at radius 1 is 1.27 bits per heavy atom. The Labute approximate surface area is 126 Å². The fourth-order valence-corrected chi connectivity index (χ4v) is 2.29. The van der Waals surface area contributed by atoms with Crippen LogP contribution in [0.5, 0.6) is 0 Å². The van der Waals surface area contributed by atoms with Crippen LogP contribution >= 0.6 is 0 Å². The molecule has 3 rings (SSSR count). The highest BCUT2D eigenvalue weighted by atomic mass is 19.1. The summed E-state index contributed by atoms with van der Waals surface area (Å²) in [5.41, 5.74) is 2.00. The minimum atomic E-state index is -0.311. The molecule has 0 saturated carbocycles. The first kappa shape index (κ1) is 14.1. The van der Waals surface area contributed by atoms with Gasteiger partial charge in [-0.15, -0.1) is 0 Å². The molecule has 0 aliphatic heterocycles. The van der Waals surface area contributed by atoms with Gasteiger partial charge in [-0.05, 0) is 30.7 Å². The summed E-state index contributed by atoms with van der Waals surface area (Å²) < 4.78 is 13.8. The van der Waals surface area contributed by atoms with Crippen molar-refractivity contribution in [1.82, 2.24) is 15.5 Å². The normalized spacial score (nSPS) is 10.6. The van der Waals surface area contributed by atoms with Crippen molar-refractivity contribution in [2.24, 2.45) is 0 Å². The first-order valence-corrected chi connectivity index (χ1v) is 6.97. The molecule has 2 amide bonds. The minimum absolute atomic E-state index is 0.276. The Hall–Kier alpha value is -2.89. The number of amides is 2. The van der Waals surface area contributed by atoms with Crippen LogP contribution in [0.15, 0.2) is 42.5 Å². The quantitative estimate of drug-likeness (QED) is 0.692. The fraction of sp³-hybridized carbons (Fsp3) is 0.125. The molecular formula is C16H15FN4O. The van der Waals surface area contributed by atoms with Gasteiger partial charge in [0, 0.05) is 17.5 Å². The number of nitrogens with one attached hydrogen (secondary N) is 3. The Morgan fingerprint density at radius 2 is 2.09 bits per heavy atom. The van der Waals surface area contributed by atoms with E-state index in [9.17, 15) is 9.18 Å². The Morgan fingerprint density at radius 3 is 2.86 bits per heavy atom. The third kappa shape index (κ3) is 2.63. The highest BCUT2D eigenvalue weighted by molar-refractivity contribution is 6.00. The van der Waals surface area contributed by atoms with Gasteiger partial charge in [-0.2, -0.15) is 5.10 Å². The van der Waals surface area contributed by atoms with Gasteiger partial charge in [0.15, 0.2) is 5.82 Å². The molecule has 22 heavy (non-hydrogen) atoms. The number of fused-ring (bicyclic) bond motifs is 1. The molecule has 0 bridgehead atoms. The lowest BCUT2D eigenvalue weighted by Gasteiger charge is -2.04. The van der Waals surface area contributed by atoms with E-state index >= 15 is 0 Å². The maximum Gasteiger partial charge on any atom is 0.320 e. The highest BCUT2D eigenvalue weighted by Gasteiger charge is 2.11. The van der Waals surface area contributed by atoms with E-state index in [2.05, 4.69) is 20.8 Å². The first-order chi connectivity index (χ1) is 10.7. The van der Waals surface area contributed by atoms with Crippen LogP contribution in [0.4, 0.5) is 15.0 Å². The lowest BCUT2D eigenvalue weighted by Crippen LogP contribution is -2.28. The fourth-order valence-electron chi connectivity index (χ4n) is 2.29. The molecule has 0 saturated heterocycles. The molecule has 3 N–H and O–H groups in total. The standard InChI is InChI=1S/C16H15FN4O/c1-2-18-16(22)19-15-12-8-7-10(9-14(12)20-21-15)11-5-3-4-6-13(11)17/h3-9H,2H2,1H3,(H3,18,19,20,21,22). The number of aromatic nitrogens is 2. The van der Waals surface area contributed by atoms with Gasteiger partial charge in [-0.25, -0.2) is 9.18 Å². The van der Waals surface area contributed by atoms with Crippen LogP contribution < -0.4 is 10.6 Å². The average Bonchev–Trinajstić information content (AvgIpc) is 2.90. The second kappa shape index (κ2) is 5.85. The molecule has 0 unspecified atom stereocenters. The Bertz CT molecular complexity index is 828. The molecule has 0 aliphatic rings. The van der Waals surface area contributed by atoms with Gasteiger partial charge >= 0.3 is 6.03 Å². The number of carbonyl (C=O) groups excluding carboxylic acids is 1. The maximum absolute atomic E-state index is 13.8. The van der Waals surface area contributed by atoms with Gasteiger partial charge in [-0.3, -0.25) is 10.4 Å². The predicted octanol–water partition coefficient (Wildman–Crippen LogP) is 3.51. The van der Waals surface area contributed by atoms with E-state index in [4.69, 9.17) is 0 Å². The second-order valence-corrected chi connectivity index (χ2v) is 4.80. The van der Waals surface area contributed by atoms with Gasteiger partial charge in [0.1, 0.15) is 5.82 Å². The molecule has 0 aliphatic carbocycles. The topological polar surface area (TPSA) is 69.8 Å². The van der Waals surface area contributed by atoms with E-state index in [1.165, 1.54) is 6.07 Å². The smallest absolute Gasteiger partial charge is 0.320 e. The molecule has 2 aromatic carbocycles. The van der Waals surface area contributed by atoms with E-state index in [1.807, 2.05) is 19.1 Å². The van der Waals surface area contributed by atoms with Crippen molar-refractivity contribution in [2.45, 2.75) is 6.92 Å². The summed E-state index contributed by atoms with van der Waals surface area (Å²) in [6, 6.07) is 11.7. The number of anilines is 1. The van der Waals surface area contributed by atoms with Gasteiger partial charge in [0.2, 0.25) is 0 Å². The van der Waals surface area contributed by atoms with Crippen molar-refractivity contribution in [2.75, 3.05) is 11.9 Å². The molecule has 1 aromatic heterocycles. The number of hydrogen-bond acceptors (Lipinski definition) is 2. The summed E-state index contributed by atoms with van der Waals surface area (Å²) in [6.07, 6.45) is 0. The van der Waals surface area contributed by atoms with Crippen LogP contribution in [0, 0.1) is 5.82 Å². The molecular weight excluding hydrogens is 283 g/mol. The third-order valence-corrected chi connectivity index (χ3v) is 3.32. The second-order valence-electron chi connectivity index (χ2n) is 4.80. The van der Waals surface area contributed by atoms with Crippen molar-refractivity contribution >= 4 is 22.8 Å². The number of aromatic amines is 1. The Kier molecular flexibility index (Phi) is 3.74. The monoisotopic (exact) mass is 298 g/mol. The van der Waals surface area contributed by atoms with Crippen molar-refractivity contribution in [1.29, 1.82) is 0 Å². The number of nitrogens with zero attached hydrogens (tertiary/aromatic N) is 1. The van der Waals surface area contributed by atoms with Crippen LogP contribution in [0.3, 0.4) is 0 Å². The third-order valence-electron chi connectivity index (χ3n) is 3.32. The molecule has 0 spiro atoms. The number of halogens is 1. The largest absolute Gasteiger partial charge is 0.338 e. The van der Waals surface area contributed by atoms with Gasteiger partial charge in [-0.1, -0.05) is 24.3 Å². The van der Waals surface area contributed by atoms with E-state index in [0.717, 1.165) is 16.5 Å². The van der Waals surface area contributed by atoms with Crippen molar-refractivity contribution in [3.8, 4) is 11.1 Å². The van der Waals surface area contributed by atoms with Crippen molar-refractivity contribution < 1.29 is 9.18 Å². The van der Waals surface area contributed by atoms with E-state index in [0.29, 0.717) is 17.9 Å². The van der Waals surface area contributed by atoms with E-state index in [-0.39, 0.29) is 11.8 Å². The van der Waals surface area contributed by atoms with Crippen LogP contribution in [-0.4, -0.2) is 22.8 Å². The zero-order chi connectivity index (χ0) is 15.5. The minimum Gasteiger partial charge on any atom is -0.338 e. The van der Waals surface area contributed by atoms with Crippen molar-refractivity contribution in [3.05, 3.63) is 48.3 Å². The molecule has 0 atom stereocenters. The number of rotatable bonds is 3. The predicted molar refractivity (Wildman–Crippen MR) is 84.2 cm³/mol. The van der Waals surface area contributed by atoms with Crippen molar-refractivity contribution in [3.63, 3.8) is 0 Å². The number of H-pyrrole nitrogens is 1. The van der Waals surface area contributed by atoms with Crippen LogP contribution in [0.2, 0.25) is 0 Å². The maximum atomic E-state index is 13.8. The summed E-state index contributed by atoms with van der Waals surface area (Å²) >= 11 is 0. The van der Waals surface area contributed by atoms with Crippen LogP contribution in [0.1, 0.15) is 6.92 Å². The summed E-state index contributed by atoms with van der Waals surface area (Å²) in [5.74, 6) is 0.170. The van der Waals surface area contributed by atoms with E-state index < -0.39 is 0 Å². The Balaban J connectivity index is 1.96. The molecule has 6 heteroatoms. The number of carbonyl (C=O) groups is 1.